The Bertz CT molecular complexity index is 289. The van der Waals surface area contributed by atoms with Crippen molar-refractivity contribution in [3.05, 3.63) is 29.6 Å². The molecule has 1 aromatic carbocycles. The highest BCUT2D eigenvalue weighted by Crippen LogP contribution is 2.19. The van der Waals surface area contributed by atoms with Crippen molar-refractivity contribution in [2.75, 3.05) is 20.3 Å². The van der Waals surface area contributed by atoms with Crippen LogP contribution in [0.5, 0.6) is 5.75 Å². The highest BCUT2D eigenvalue weighted by atomic mass is 19.1. The van der Waals surface area contributed by atoms with Gasteiger partial charge < -0.3 is 14.6 Å². The van der Waals surface area contributed by atoms with Crippen molar-refractivity contribution in [1.82, 2.24) is 0 Å². The molecule has 0 aliphatic carbocycles. The average Bonchev–Trinajstić information content (AvgIpc) is 2.19. The topological polar surface area (TPSA) is 38.7 Å². The molecule has 14 heavy (non-hydrogen) atoms. The Morgan fingerprint density at radius 2 is 2.14 bits per heavy atom. The molecule has 0 spiro atoms. The van der Waals surface area contributed by atoms with Gasteiger partial charge in [0.1, 0.15) is 18.2 Å². The molecule has 4 heteroatoms. The second-order valence-electron chi connectivity index (χ2n) is 2.75. The predicted molar refractivity (Wildman–Crippen MR) is 49.7 cm³/mol. The second kappa shape index (κ2) is 5.57. The molecule has 0 aliphatic rings. The summed E-state index contributed by atoms with van der Waals surface area (Å²) in [6.45, 7) is 0.608. The van der Waals surface area contributed by atoms with Crippen molar-refractivity contribution in [1.29, 1.82) is 0 Å². The van der Waals surface area contributed by atoms with Gasteiger partial charge in [-0.25, -0.2) is 4.39 Å². The lowest BCUT2D eigenvalue weighted by Crippen LogP contribution is -2.06. The van der Waals surface area contributed by atoms with E-state index in [1.54, 1.807) is 7.11 Å². The molecule has 1 aromatic rings. The van der Waals surface area contributed by atoms with Crippen LogP contribution in [0.1, 0.15) is 5.56 Å². The van der Waals surface area contributed by atoms with Gasteiger partial charge in [-0.05, 0) is 6.07 Å². The zero-order valence-electron chi connectivity index (χ0n) is 8.00. The van der Waals surface area contributed by atoms with Gasteiger partial charge >= 0.3 is 0 Å². The van der Waals surface area contributed by atoms with Gasteiger partial charge in [0.2, 0.25) is 0 Å². The van der Waals surface area contributed by atoms with Gasteiger partial charge in [-0.2, -0.15) is 0 Å². The van der Waals surface area contributed by atoms with Crippen LogP contribution in [-0.2, 0) is 11.3 Å². The third-order valence-corrected chi connectivity index (χ3v) is 1.74. The third-order valence-electron chi connectivity index (χ3n) is 1.74. The van der Waals surface area contributed by atoms with Crippen molar-refractivity contribution in [2.45, 2.75) is 6.61 Å². The van der Waals surface area contributed by atoms with Gasteiger partial charge in [0, 0.05) is 18.7 Å². The number of methoxy groups -OCH3 is 1. The maximum absolute atomic E-state index is 12.8. The van der Waals surface area contributed by atoms with Gasteiger partial charge in [0.05, 0.1) is 13.2 Å². The van der Waals surface area contributed by atoms with Crippen LogP contribution in [0.15, 0.2) is 18.2 Å². The average molecular weight is 200 g/mol. The highest BCUT2D eigenvalue weighted by molar-refractivity contribution is 5.33. The number of hydrogen-bond acceptors (Lipinski definition) is 3. The molecule has 0 radical (unpaired) electrons. The molecule has 0 fully saturated rings. The molecule has 0 aromatic heterocycles. The van der Waals surface area contributed by atoms with Crippen molar-refractivity contribution in [2.24, 2.45) is 0 Å². The van der Waals surface area contributed by atoms with Crippen LogP contribution in [0, 0.1) is 5.82 Å². The van der Waals surface area contributed by atoms with Crippen LogP contribution < -0.4 is 4.74 Å². The molecule has 0 bridgehead atoms. The van der Waals surface area contributed by atoms with Gasteiger partial charge in [-0.3, -0.25) is 0 Å². The first-order valence-electron chi connectivity index (χ1n) is 4.29. The molecule has 1 rings (SSSR count). The van der Waals surface area contributed by atoms with Gasteiger partial charge in [0.25, 0.3) is 0 Å². The summed E-state index contributed by atoms with van der Waals surface area (Å²) in [6, 6.07) is 4.04. The Balaban J connectivity index is 2.67. The third kappa shape index (κ3) is 2.97. The number of aliphatic hydroxyl groups is 1. The summed E-state index contributed by atoms with van der Waals surface area (Å²) in [7, 11) is 1.56. The van der Waals surface area contributed by atoms with E-state index in [0.717, 1.165) is 0 Å². The minimum absolute atomic E-state index is 0.164. The number of halogens is 1. The largest absolute Gasteiger partial charge is 0.491 e. The first kappa shape index (κ1) is 10.9. The van der Waals surface area contributed by atoms with Crippen LogP contribution >= 0.6 is 0 Å². The van der Waals surface area contributed by atoms with Crippen molar-refractivity contribution >= 4 is 0 Å². The van der Waals surface area contributed by atoms with Crippen LogP contribution in [0.4, 0.5) is 4.39 Å². The van der Waals surface area contributed by atoms with Crippen molar-refractivity contribution in [3.63, 3.8) is 0 Å². The molecule has 78 valence electrons. The molecule has 0 amide bonds. The Labute approximate surface area is 82.1 Å². The monoisotopic (exact) mass is 200 g/mol. The standard InChI is InChI=1S/C10H13FO3/c1-13-4-5-14-10-6-9(11)3-2-8(10)7-12/h2-3,6,12H,4-5,7H2,1H3. The smallest absolute Gasteiger partial charge is 0.127 e. The summed E-state index contributed by atoms with van der Waals surface area (Å²) < 4.78 is 22.8. The molecule has 0 heterocycles. The fourth-order valence-electron chi connectivity index (χ4n) is 1.03. The van der Waals surface area contributed by atoms with Gasteiger partial charge in [0.15, 0.2) is 0 Å². The highest BCUT2D eigenvalue weighted by Gasteiger charge is 2.03. The molecule has 0 aliphatic heterocycles. The van der Waals surface area contributed by atoms with E-state index < -0.39 is 0 Å². The fourth-order valence-corrected chi connectivity index (χ4v) is 1.03. The lowest BCUT2D eigenvalue weighted by atomic mass is 10.2. The van der Waals surface area contributed by atoms with Gasteiger partial charge in [-0.15, -0.1) is 0 Å². The summed E-state index contributed by atoms with van der Waals surface area (Å²) in [6.07, 6.45) is 0. The Morgan fingerprint density at radius 1 is 1.36 bits per heavy atom. The molecular weight excluding hydrogens is 187 g/mol. The van der Waals surface area contributed by atoms with E-state index >= 15 is 0 Å². The van der Waals surface area contributed by atoms with E-state index in [1.165, 1.54) is 18.2 Å². The SMILES string of the molecule is COCCOc1cc(F)ccc1CO. The molecule has 0 unspecified atom stereocenters. The normalized spacial score (nSPS) is 10.2. The number of aliphatic hydroxyl groups excluding tert-OH is 1. The van der Waals surface area contributed by atoms with Crippen LogP contribution in [0.25, 0.3) is 0 Å². The van der Waals surface area contributed by atoms with Crippen LogP contribution in [-0.4, -0.2) is 25.4 Å². The lowest BCUT2D eigenvalue weighted by molar-refractivity contribution is 0.144. The molecular formula is C10H13FO3. The Morgan fingerprint density at radius 3 is 2.79 bits per heavy atom. The predicted octanol–water partition coefficient (Wildman–Crippen LogP) is 1.34. The lowest BCUT2D eigenvalue weighted by Gasteiger charge is -2.09. The van der Waals surface area contributed by atoms with Crippen LogP contribution in [0.2, 0.25) is 0 Å². The van der Waals surface area contributed by atoms with E-state index in [9.17, 15) is 4.39 Å². The first-order chi connectivity index (χ1) is 6.77. The quantitative estimate of drug-likeness (QED) is 0.729. The molecule has 0 atom stereocenters. The summed E-state index contributed by atoms with van der Waals surface area (Å²) in [4.78, 5) is 0. The molecule has 1 N–H and O–H groups in total. The number of ether oxygens (including phenoxy) is 2. The minimum atomic E-state index is -0.380. The number of rotatable bonds is 5. The zero-order chi connectivity index (χ0) is 10.4. The van der Waals surface area contributed by atoms with Crippen molar-refractivity contribution < 1.29 is 19.0 Å². The van der Waals surface area contributed by atoms with E-state index in [0.29, 0.717) is 24.5 Å². The molecule has 3 nitrogen and oxygen atoms in total. The number of hydrogen-bond donors (Lipinski definition) is 1. The second-order valence-corrected chi connectivity index (χ2v) is 2.75. The maximum Gasteiger partial charge on any atom is 0.127 e. The summed E-state index contributed by atoms with van der Waals surface area (Å²) in [5.74, 6) is -0.0147. The Hall–Kier alpha value is -1.13. The van der Waals surface area contributed by atoms with Crippen LogP contribution in [0.3, 0.4) is 0 Å². The van der Waals surface area contributed by atoms with Crippen molar-refractivity contribution in [3.8, 4) is 5.75 Å². The van der Waals surface area contributed by atoms with E-state index in [1.807, 2.05) is 0 Å². The Kier molecular flexibility index (Phi) is 4.35. The number of benzene rings is 1. The van der Waals surface area contributed by atoms with E-state index in [-0.39, 0.29) is 12.4 Å². The zero-order valence-corrected chi connectivity index (χ0v) is 8.00. The molecule has 0 saturated heterocycles. The summed E-state index contributed by atoms with van der Waals surface area (Å²) in [5.41, 5.74) is 0.572. The fraction of sp³-hybridized carbons (Fsp3) is 0.400. The summed E-state index contributed by atoms with van der Waals surface area (Å²) >= 11 is 0. The minimum Gasteiger partial charge on any atom is -0.491 e. The van der Waals surface area contributed by atoms with E-state index in [4.69, 9.17) is 14.6 Å². The van der Waals surface area contributed by atoms with Gasteiger partial charge in [-0.1, -0.05) is 6.07 Å². The van der Waals surface area contributed by atoms with E-state index in [2.05, 4.69) is 0 Å². The maximum atomic E-state index is 12.8. The molecule has 0 saturated carbocycles. The first-order valence-corrected chi connectivity index (χ1v) is 4.29. The summed E-state index contributed by atoms with van der Waals surface area (Å²) in [5, 5.41) is 8.93.